The molecule has 0 saturated heterocycles. The van der Waals surface area contributed by atoms with Crippen LogP contribution in [-0.4, -0.2) is 23.2 Å². The van der Waals surface area contributed by atoms with Crippen molar-refractivity contribution in [2.24, 2.45) is 0 Å². The molecule has 1 amide bonds. The second kappa shape index (κ2) is 8.21. The maximum Gasteiger partial charge on any atom is 0.265 e. The fourth-order valence-electron chi connectivity index (χ4n) is 2.38. The standard InChI is InChI=1S/C17H15ClN2O4/c18-19-17(22)15(13-4-2-1-3-5-13)10-12-6-8-14(9-7-12)16(21)11-20(23)24/h1-9,15H,10-11H2,(H,19,22). The Balaban J connectivity index is 2.17. The topological polar surface area (TPSA) is 89.3 Å². The van der Waals surface area contributed by atoms with E-state index in [2.05, 4.69) is 4.84 Å². The predicted molar refractivity (Wildman–Crippen MR) is 89.5 cm³/mol. The Morgan fingerprint density at radius 2 is 1.71 bits per heavy atom. The van der Waals surface area contributed by atoms with Crippen molar-refractivity contribution < 1.29 is 14.5 Å². The fraction of sp³-hybridized carbons (Fsp3) is 0.176. The highest BCUT2D eigenvalue weighted by Crippen LogP contribution is 2.22. The fourth-order valence-corrected chi connectivity index (χ4v) is 2.52. The molecule has 0 fully saturated rings. The van der Waals surface area contributed by atoms with Crippen molar-refractivity contribution in [3.63, 3.8) is 0 Å². The number of nitro groups is 1. The lowest BCUT2D eigenvalue weighted by atomic mass is 9.91. The van der Waals surface area contributed by atoms with Crippen molar-refractivity contribution in [2.75, 3.05) is 6.54 Å². The third-order valence-corrected chi connectivity index (χ3v) is 3.79. The van der Waals surface area contributed by atoms with Gasteiger partial charge in [-0.1, -0.05) is 54.6 Å². The van der Waals surface area contributed by atoms with Gasteiger partial charge in [0, 0.05) is 22.3 Å². The van der Waals surface area contributed by atoms with Gasteiger partial charge in [0.2, 0.25) is 11.7 Å². The second-order valence-corrected chi connectivity index (χ2v) is 5.43. The lowest BCUT2D eigenvalue weighted by molar-refractivity contribution is -0.465. The van der Waals surface area contributed by atoms with E-state index in [0.29, 0.717) is 6.42 Å². The molecule has 0 saturated carbocycles. The Bertz CT molecular complexity index is 732. The summed E-state index contributed by atoms with van der Waals surface area (Å²) < 4.78 is 0. The van der Waals surface area contributed by atoms with Crippen LogP contribution in [0.5, 0.6) is 0 Å². The van der Waals surface area contributed by atoms with Crippen molar-refractivity contribution in [2.45, 2.75) is 12.3 Å². The first-order valence-corrected chi connectivity index (χ1v) is 7.58. The molecular weight excluding hydrogens is 332 g/mol. The Kier molecular flexibility index (Phi) is 6.03. The number of rotatable bonds is 7. The van der Waals surface area contributed by atoms with Gasteiger partial charge in [0.05, 0.1) is 5.92 Å². The van der Waals surface area contributed by atoms with Crippen LogP contribution in [0.3, 0.4) is 0 Å². The zero-order valence-electron chi connectivity index (χ0n) is 12.6. The summed E-state index contributed by atoms with van der Waals surface area (Å²) >= 11 is 5.47. The van der Waals surface area contributed by atoms with Gasteiger partial charge in [0.1, 0.15) is 0 Å². The van der Waals surface area contributed by atoms with Crippen LogP contribution >= 0.6 is 11.8 Å². The number of nitrogens with one attached hydrogen (secondary N) is 1. The van der Waals surface area contributed by atoms with Gasteiger partial charge >= 0.3 is 0 Å². The summed E-state index contributed by atoms with van der Waals surface area (Å²) in [7, 11) is 0. The molecule has 24 heavy (non-hydrogen) atoms. The smallest absolute Gasteiger partial charge is 0.265 e. The predicted octanol–water partition coefficient (Wildman–Crippen LogP) is 2.74. The third-order valence-electron chi connectivity index (χ3n) is 3.60. The number of Topliss-reactive ketones (excluding diaryl/α,β-unsaturated/α-hetero) is 1. The van der Waals surface area contributed by atoms with Crippen molar-refractivity contribution in [3.05, 3.63) is 81.4 Å². The molecule has 6 nitrogen and oxygen atoms in total. The Morgan fingerprint density at radius 1 is 1.08 bits per heavy atom. The molecule has 0 radical (unpaired) electrons. The quantitative estimate of drug-likeness (QED) is 0.361. The molecule has 0 aromatic heterocycles. The Labute approximate surface area is 143 Å². The number of nitrogens with zero attached hydrogens (tertiary/aromatic N) is 1. The summed E-state index contributed by atoms with van der Waals surface area (Å²) in [5, 5.41) is 10.4. The van der Waals surface area contributed by atoms with Crippen molar-refractivity contribution in [1.82, 2.24) is 4.84 Å². The molecular formula is C17H15ClN2O4. The van der Waals surface area contributed by atoms with Crippen LogP contribution in [0.2, 0.25) is 0 Å². The zero-order valence-corrected chi connectivity index (χ0v) is 13.4. The average molecular weight is 347 g/mol. The van der Waals surface area contributed by atoms with E-state index in [1.54, 1.807) is 12.1 Å². The van der Waals surface area contributed by atoms with Crippen LogP contribution in [0.4, 0.5) is 0 Å². The summed E-state index contributed by atoms with van der Waals surface area (Å²) in [4.78, 5) is 35.5. The minimum atomic E-state index is -0.735. The van der Waals surface area contributed by atoms with Gasteiger partial charge in [-0.3, -0.25) is 24.5 Å². The van der Waals surface area contributed by atoms with E-state index < -0.39 is 23.2 Å². The minimum Gasteiger partial charge on any atom is -0.287 e. The number of carbonyl (C=O) groups excluding carboxylic acids is 2. The molecule has 1 atom stereocenters. The molecule has 0 heterocycles. The lowest BCUT2D eigenvalue weighted by Gasteiger charge is -2.15. The number of amides is 1. The molecule has 2 aromatic carbocycles. The van der Waals surface area contributed by atoms with Gasteiger partial charge in [0.15, 0.2) is 0 Å². The summed E-state index contributed by atoms with van der Waals surface area (Å²) in [5.41, 5.74) is 1.92. The number of benzene rings is 2. The maximum absolute atomic E-state index is 12.0. The molecule has 2 rings (SSSR count). The minimum absolute atomic E-state index is 0.272. The van der Waals surface area contributed by atoms with Crippen molar-refractivity contribution >= 4 is 23.5 Å². The van der Waals surface area contributed by atoms with Gasteiger partial charge in [-0.15, -0.1) is 0 Å². The molecule has 1 N–H and O–H groups in total. The molecule has 0 spiro atoms. The number of halogens is 1. The summed E-state index contributed by atoms with van der Waals surface area (Å²) in [6.45, 7) is -0.735. The number of carbonyl (C=O) groups is 2. The van der Waals surface area contributed by atoms with E-state index in [9.17, 15) is 19.7 Å². The third kappa shape index (κ3) is 4.63. The van der Waals surface area contributed by atoms with Crippen LogP contribution in [0, 0.1) is 10.1 Å². The maximum atomic E-state index is 12.0. The van der Waals surface area contributed by atoms with Crippen LogP contribution in [0.1, 0.15) is 27.4 Å². The van der Waals surface area contributed by atoms with Gasteiger partial charge in [-0.2, -0.15) is 0 Å². The van der Waals surface area contributed by atoms with Crippen LogP contribution in [0.25, 0.3) is 0 Å². The van der Waals surface area contributed by atoms with Gasteiger partial charge in [0.25, 0.3) is 6.54 Å². The average Bonchev–Trinajstić information content (AvgIpc) is 2.59. The van der Waals surface area contributed by atoms with E-state index in [-0.39, 0.29) is 11.5 Å². The summed E-state index contributed by atoms with van der Waals surface area (Å²) in [6, 6.07) is 15.6. The molecule has 0 aliphatic rings. The van der Waals surface area contributed by atoms with E-state index in [0.717, 1.165) is 11.1 Å². The van der Waals surface area contributed by atoms with Crippen LogP contribution < -0.4 is 4.84 Å². The first-order valence-electron chi connectivity index (χ1n) is 7.20. The molecule has 0 aliphatic carbocycles. The van der Waals surface area contributed by atoms with Gasteiger partial charge in [-0.05, 0) is 17.5 Å². The van der Waals surface area contributed by atoms with Crippen molar-refractivity contribution in [1.29, 1.82) is 0 Å². The highest BCUT2D eigenvalue weighted by Gasteiger charge is 2.21. The number of ketones is 1. The molecule has 124 valence electrons. The van der Waals surface area contributed by atoms with E-state index in [1.807, 2.05) is 30.3 Å². The molecule has 1 unspecified atom stereocenters. The van der Waals surface area contributed by atoms with E-state index in [1.165, 1.54) is 12.1 Å². The Morgan fingerprint density at radius 3 is 2.25 bits per heavy atom. The first kappa shape index (κ1) is 17.6. The van der Waals surface area contributed by atoms with Crippen molar-refractivity contribution in [3.8, 4) is 0 Å². The molecule has 7 heteroatoms. The Hall–Kier alpha value is -2.73. The van der Waals surface area contributed by atoms with Gasteiger partial charge < -0.3 is 0 Å². The molecule has 0 bridgehead atoms. The summed E-state index contributed by atoms with van der Waals surface area (Å²) in [5.74, 6) is -1.34. The summed E-state index contributed by atoms with van der Waals surface area (Å²) in [6.07, 6.45) is 0.395. The van der Waals surface area contributed by atoms with E-state index in [4.69, 9.17) is 11.8 Å². The van der Waals surface area contributed by atoms with Crippen LogP contribution in [0.15, 0.2) is 54.6 Å². The number of hydrogen-bond donors (Lipinski definition) is 1. The normalized spacial score (nSPS) is 11.5. The van der Waals surface area contributed by atoms with Crippen LogP contribution in [-0.2, 0) is 11.2 Å². The second-order valence-electron chi connectivity index (χ2n) is 5.24. The molecule has 2 aromatic rings. The largest absolute Gasteiger partial charge is 0.287 e. The highest BCUT2D eigenvalue weighted by molar-refractivity contribution is 6.22. The SMILES string of the molecule is O=C(C[N+](=O)[O-])c1ccc(CC(C(=O)NCl)c2ccccc2)cc1. The lowest BCUT2D eigenvalue weighted by Crippen LogP contribution is -2.24. The molecule has 0 aliphatic heterocycles. The number of hydrogen-bond acceptors (Lipinski definition) is 4. The monoisotopic (exact) mass is 346 g/mol. The zero-order chi connectivity index (χ0) is 17.5. The van der Waals surface area contributed by atoms with Gasteiger partial charge in [-0.25, -0.2) is 0 Å². The first-order chi connectivity index (χ1) is 11.5. The van der Waals surface area contributed by atoms with E-state index >= 15 is 0 Å². The highest BCUT2D eigenvalue weighted by atomic mass is 35.5.